The predicted octanol–water partition coefficient (Wildman–Crippen LogP) is 9.98. The molecule has 1 heterocycles. The minimum atomic E-state index is -0.250. The third-order valence-electron chi connectivity index (χ3n) is 9.17. The van der Waals surface area contributed by atoms with Crippen LogP contribution in [0.2, 0.25) is 0 Å². The van der Waals surface area contributed by atoms with Crippen molar-refractivity contribution in [2.75, 3.05) is 0 Å². The Morgan fingerprint density at radius 2 is 1.33 bits per heavy atom. The highest BCUT2D eigenvalue weighted by Crippen LogP contribution is 2.63. The standard InChI is InChI=1S/C37H24BrN/c38-23-17-20-36-30(21-23)29-12-4-8-16-35(29)39(36)24-18-19-28-27-11-3-7-15-33(27)37(34(28)22-24)31-13-5-1-9-25(31)26-10-2-6-14-32(26)37/h1-6,8-14,16-22H,7,15H2. The van der Waals surface area contributed by atoms with Crippen LogP contribution in [0.4, 0.5) is 0 Å². The fourth-order valence-electron chi connectivity index (χ4n) is 7.76. The molecule has 5 aromatic carbocycles. The van der Waals surface area contributed by atoms with Gasteiger partial charge in [-0.2, -0.15) is 0 Å². The van der Waals surface area contributed by atoms with Gasteiger partial charge in [-0.1, -0.05) is 101 Å². The largest absolute Gasteiger partial charge is 0.309 e. The van der Waals surface area contributed by atoms with Crippen LogP contribution < -0.4 is 0 Å². The average Bonchev–Trinajstić information content (AvgIpc) is 3.58. The van der Waals surface area contributed by atoms with E-state index in [0.717, 1.165) is 17.3 Å². The van der Waals surface area contributed by atoms with Gasteiger partial charge in [0.05, 0.1) is 16.4 Å². The maximum absolute atomic E-state index is 3.71. The number of aromatic nitrogens is 1. The molecule has 0 N–H and O–H groups in total. The first-order valence-electron chi connectivity index (χ1n) is 13.7. The van der Waals surface area contributed by atoms with Crippen LogP contribution in [0.1, 0.15) is 35.1 Å². The molecule has 3 aliphatic carbocycles. The van der Waals surface area contributed by atoms with Crippen molar-refractivity contribution in [3.8, 4) is 16.8 Å². The highest BCUT2D eigenvalue weighted by atomic mass is 79.9. The van der Waals surface area contributed by atoms with Gasteiger partial charge in [-0.05, 0) is 93.8 Å². The molecule has 0 atom stereocenters. The van der Waals surface area contributed by atoms with Gasteiger partial charge in [-0.3, -0.25) is 0 Å². The number of hydrogen-bond acceptors (Lipinski definition) is 0. The molecule has 0 aliphatic heterocycles. The van der Waals surface area contributed by atoms with Gasteiger partial charge < -0.3 is 4.57 Å². The average molecular weight is 563 g/mol. The zero-order chi connectivity index (χ0) is 25.7. The van der Waals surface area contributed by atoms with E-state index < -0.39 is 0 Å². The van der Waals surface area contributed by atoms with Crippen LogP contribution in [-0.2, 0) is 5.41 Å². The third-order valence-corrected chi connectivity index (χ3v) is 9.66. The van der Waals surface area contributed by atoms with E-state index in [1.807, 2.05) is 0 Å². The minimum Gasteiger partial charge on any atom is -0.309 e. The van der Waals surface area contributed by atoms with Crippen molar-refractivity contribution in [3.05, 3.63) is 154 Å². The smallest absolute Gasteiger partial charge is 0.0689 e. The normalized spacial score (nSPS) is 16.1. The third kappa shape index (κ3) is 2.65. The van der Waals surface area contributed by atoms with E-state index in [4.69, 9.17) is 0 Å². The molecule has 0 bridgehead atoms. The van der Waals surface area contributed by atoms with Crippen molar-refractivity contribution >= 4 is 43.3 Å². The monoisotopic (exact) mass is 561 g/mol. The Labute approximate surface area is 235 Å². The first-order valence-corrected chi connectivity index (χ1v) is 14.5. The molecular weight excluding hydrogens is 538 g/mol. The van der Waals surface area contributed by atoms with Crippen LogP contribution in [0.25, 0.3) is 44.2 Å². The second-order valence-electron chi connectivity index (χ2n) is 10.9. The van der Waals surface area contributed by atoms with Crippen molar-refractivity contribution < 1.29 is 0 Å². The van der Waals surface area contributed by atoms with Crippen molar-refractivity contribution in [3.63, 3.8) is 0 Å². The van der Waals surface area contributed by atoms with Gasteiger partial charge >= 0.3 is 0 Å². The first kappa shape index (κ1) is 21.8. The lowest BCUT2D eigenvalue weighted by Gasteiger charge is -2.33. The summed E-state index contributed by atoms with van der Waals surface area (Å²) >= 11 is 3.71. The van der Waals surface area contributed by atoms with Gasteiger partial charge in [-0.15, -0.1) is 0 Å². The van der Waals surface area contributed by atoms with Crippen LogP contribution >= 0.6 is 15.9 Å². The molecule has 0 fully saturated rings. The van der Waals surface area contributed by atoms with Gasteiger partial charge in [0.15, 0.2) is 0 Å². The quantitative estimate of drug-likeness (QED) is 0.188. The summed E-state index contributed by atoms with van der Waals surface area (Å²) in [6, 6.07) is 40.8. The number of fused-ring (bicyclic) bond motifs is 12. The van der Waals surface area contributed by atoms with Crippen molar-refractivity contribution in [2.45, 2.75) is 18.3 Å². The second-order valence-corrected chi connectivity index (χ2v) is 11.8. The number of halogens is 1. The molecule has 1 spiro atoms. The summed E-state index contributed by atoms with van der Waals surface area (Å²) in [7, 11) is 0. The lowest BCUT2D eigenvalue weighted by Crippen LogP contribution is -2.28. The van der Waals surface area contributed by atoms with Crippen molar-refractivity contribution in [2.24, 2.45) is 0 Å². The Hall–Kier alpha value is -4.14. The summed E-state index contributed by atoms with van der Waals surface area (Å²) in [5.74, 6) is 0. The van der Waals surface area contributed by atoms with Gasteiger partial charge in [0.1, 0.15) is 0 Å². The van der Waals surface area contributed by atoms with Gasteiger partial charge in [-0.25, -0.2) is 0 Å². The van der Waals surface area contributed by atoms with E-state index in [0.29, 0.717) is 0 Å². The van der Waals surface area contributed by atoms with E-state index >= 15 is 0 Å². The summed E-state index contributed by atoms with van der Waals surface area (Å²) in [6.07, 6.45) is 6.91. The Bertz CT molecular complexity index is 2040. The van der Waals surface area contributed by atoms with Crippen LogP contribution in [0.5, 0.6) is 0 Å². The van der Waals surface area contributed by atoms with Crippen LogP contribution in [0, 0.1) is 0 Å². The number of allylic oxidation sites excluding steroid dienone is 4. The number of benzene rings is 5. The number of hydrogen-bond donors (Lipinski definition) is 0. The zero-order valence-corrected chi connectivity index (χ0v) is 22.9. The molecule has 3 aliphatic rings. The predicted molar refractivity (Wildman–Crippen MR) is 166 cm³/mol. The minimum absolute atomic E-state index is 0.250. The lowest BCUT2D eigenvalue weighted by molar-refractivity contribution is 0.713. The van der Waals surface area contributed by atoms with Crippen molar-refractivity contribution in [1.29, 1.82) is 0 Å². The molecular formula is C37H24BrN. The zero-order valence-electron chi connectivity index (χ0n) is 21.3. The van der Waals surface area contributed by atoms with Gasteiger partial charge in [0.25, 0.3) is 0 Å². The van der Waals surface area contributed by atoms with E-state index in [9.17, 15) is 0 Å². The highest BCUT2D eigenvalue weighted by Gasteiger charge is 2.52. The summed E-state index contributed by atoms with van der Waals surface area (Å²) in [5.41, 5.74) is 14.8. The van der Waals surface area contributed by atoms with Crippen molar-refractivity contribution in [1.82, 2.24) is 4.57 Å². The van der Waals surface area contributed by atoms with Crippen LogP contribution in [0.3, 0.4) is 0 Å². The van der Waals surface area contributed by atoms with Crippen LogP contribution in [0.15, 0.2) is 131 Å². The molecule has 9 rings (SSSR count). The first-order chi connectivity index (χ1) is 19.3. The molecule has 0 saturated heterocycles. The maximum atomic E-state index is 3.71. The maximum Gasteiger partial charge on any atom is 0.0689 e. The molecule has 0 amide bonds. The Morgan fingerprint density at radius 1 is 0.615 bits per heavy atom. The topological polar surface area (TPSA) is 4.93 Å². The number of rotatable bonds is 1. The Balaban J connectivity index is 1.41. The number of nitrogens with zero attached hydrogens (tertiary/aromatic N) is 1. The molecule has 0 radical (unpaired) electrons. The van der Waals surface area contributed by atoms with Crippen LogP contribution in [-0.4, -0.2) is 4.57 Å². The SMILES string of the molecule is Brc1ccc2c(c1)c1ccccc1n2-c1ccc2c(c1)C1(C3=C2C=CCC3)c2ccccc2-c2ccccc21. The second kappa shape index (κ2) is 7.71. The van der Waals surface area contributed by atoms with Gasteiger partial charge in [0, 0.05) is 20.9 Å². The van der Waals surface area contributed by atoms with Gasteiger partial charge in [0.2, 0.25) is 0 Å². The molecule has 39 heavy (non-hydrogen) atoms. The summed E-state index contributed by atoms with van der Waals surface area (Å²) in [4.78, 5) is 0. The van der Waals surface area contributed by atoms with E-state index in [1.54, 1.807) is 5.57 Å². The van der Waals surface area contributed by atoms with E-state index in [1.165, 1.54) is 66.4 Å². The molecule has 1 aromatic heterocycles. The molecule has 0 saturated carbocycles. The lowest BCUT2D eigenvalue weighted by atomic mass is 9.68. The van der Waals surface area contributed by atoms with E-state index in [-0.39, 0.29) is 5.41 Å². The summed E-state index contributed by atoms with van der Waals surface area (Å²) in [6.45, 7) is 0. The molecule has 1 nitrogen and oxygen atoms in total. The molecule has 2 heteroatoms. The Kier molecular flexibility index (Phi) is 4.30. The number of para-hydroxylation sites is 1. The summed E-state index contributed by atoms with van der Waals surface area (Å²) < 4.78 is 3.55. The Morgan fingerprint density at radius 3 is 2.15 bits per heavy atom. The summed E-state index contributed by atoms with van der Waals surface area (Å²) in [5, 5.41) is 2.55. The molecule has 184 valence electrons. The van der Waals surface area contributed by atoms with E-state index in [2.05, 4.69) is 142 Å². The molecule has 6 aromatic rings. The fraction of sp³-hybridized carbons (Fsp3) is 0.0811. The molecule has 0 unspecified atom stereocenters. The fourth-order valence-corrected chi connectivity index (χ4v) is 8.12. The highest BCUT2D eigenvalue weighted by molar-refractivity contribution is 9.10.